The van der Waals surface area contributed by atoms with E-state index in [1.54, 1.807) is 0 Å². The first kappa shape index (κ1) is 48.3. The number of ether oxygens (including phenoxy) is 10. The molecule has 1 aromatic carbocycles. The van der Waals surface area contributed by atoms with Crippen LogP contribution in [0.1, 0.15) is 31.1 Å². The minimum absolute atomic E-state index is 0.0793. The summed E-state index contributed by atoms with van der Waals surface area (Å²) in [4.78, 5) is 83.1. The van der Waals surface area contributed by atoms with Crippen molar-refractivity contribution in [3.05, 3.63) is 52.9 Å². The van der Waals surface area contributed by atoms with E-state index >= 15 is 0 Å². The van der Waals surface area contributed by atoms with Crippen LogP contribution in [0.3, 0.4) is 0 Å². The maximum Gasteiger partial charge on any atom is 0.414 e. The van der Waals surface area contributed by atoms with Crippen LogP contribution in [0.5, 0.6) is 11.5 Å². The summed E-state index contributed by atoms with van der Waals surface area (Å²) in [6.07, 6.45) is -6.01. The number of hydrogen-bond acceptors (Lipinski definition) is 21. The van der Waals surface area contributed by atoms with Crippen molar-refractivity contribution in [2.24, 2.45) is 5.11 Å². The van der Waals surface area contributed by atoms with E-state index in [2.05, 4.69) is 15.0 Å². The van der Waals surface area contributed by atoms with Crippen molar-refractivity contribution in [1.29, 1.82) is 0 Å². The fourth-order valence-electron chi connectivity index (χ4n) is 5.16. The largest absolute Gasteiger partial charge is 0.468 e. The maximum atomic E-state index is 13.9. The molecule has 330 valence electrons. The molecule has 2 aromatic rings. The summed E-state index contributed by atoms with van der Waals surface area (Å²) in [6, 6.07) is 3.18. The van der Waals surface area contributed by atoms with E-state index in [4.69, 9.17) is 57.1 Å². The van der Waals surface area contributed by atoms with Crippen LogP contribution in [0.15, 0.2) is 42.0 Å². The summed E-state index contributed by atoms with van der Waals surface area (Å²) in [7, 11) is -2.68. The van der Waals surface area contributed by atoms with Crippen LogP contribution in [-0.2, 0) is 76.9 Å². The second kappa shape index (κ2) is 24.1. The van der Waals surface area contributed by atoms with Gasteiger partial charge in [-0.15, -0.1) is 0 Å². The second-order valence-electron chi connectivity index (χ2n) is 12.0. The minimum atomic E-state index is -4.77. The summed E-state index contributed by atoms with van der Waals surface area (Å²) in [5.41, 5.74) is 8.03. The molecule has 1 aliphatic rings. The van der Waals surface area contributed by atoms with Gasteiger partial charge in [-0.1, -0.05) is 5.11 Å². The molecule has 60 heavy (non-hydrogen) atoms. The third kappa shape index (κ3) is 15.0. The van der Waals surface area contributed by atoms with E-state index in [0.29, 0.717) is 3.97 Å². The Labute approximate surface area is 342 Å². The predicted octanol–water partition coefficient (Wildman–Crippen LogP) is 0.102. The summed E-state index contributed by atoms with van der Waals surface area (Å²) in [5, 5.41) is 3.34. The maximum absolute atomic E-state index is 13.9. The molecule has 2 heterocycles. The van der Waals surface area contributed by atoms with Gasteiger partial charge < -0.3 is 56.5 Å². The van der Waals surface area contributed by atoms with Crippen LogP contribution in [0.4, 0.5) is 0 Å². The van der Waals surface area contributed by atoms with Crippen molar-refractivity contribution in [3.63, 3.8) is 0 Å². The monoisotopic (exact) mass is 872 g/mol. The van der Waals surface area contributed by atoms with E-state index in [1.165, 1.54) is 0 Å². The van der Waals surface area contributed by atoms with Gasteiger partial charge in [0.1, 0.15) is 12.9 Å². The normalized spacial score (nSPS) is 18.5. The molecule has 5 atom stereocenters. The quantitative estimate of drug-likeness (QED) is 0.0337. The molecule has 1 aliphatic heterocycles. The Kier molecular flexibility index (Phi) is 19.4. The standard InChI is InChI=1S/C34H44N6O19S/c1-21(41)54-28-29(55-22(2)42)31(56-23(3)43)34(58-30(28)33(46)50-5)57-25-7-6-24(18-26(25)59-60(47,48)40-10-8-36-20-40)32(45)39(19-27(44)49-4)11-13-52-15-17-53-16-14-51-12-9-37-38-35/h6-8,10,18,20,28-31,34H,9,11-17,19H2,1-5H3/t28-,29-,30-,31+,34+/m0/s1. The molecule has 26 heteroatoms. The number of aromatic nitrogens is 2. The van der Waals surface area contributed by atoms with Crippen molar-refractivity contribution in [3.8, 4) is 11.5 Å². The van der Waals surface area contributed by atoms with Crippen LogP contribution in [0.2, 0.25) is 0 Å². The smallest absolute Gasteiger partial charge is 0.414 e. The van der Waals surface area contributed by atoms with Crippen LogP contribution in [0, 0.1) is 0 Å². The third-order valence-electron chi connectivity index (χ3n) is 7.69. The first-order chi connectivity index (χ1) is 28.6. The lowest BCUT2D eigenvalue weighted by molar-refractivity contribution is -0.282. The lowest BCUT2D eigenvalue weighted by Gasteiger charge is -2.43. The lowest BCUT2D eigenvalue weighted by atomic mass is 9.97. The number of benzene rings is 1. The van der Waals surface area contributed by atoms with Crippen LogP contribution in [-0.4, -0.2) is 162 Å². The number of carbonyl (C=O) groups excluding carboxylic acids is 6. The van der Waals surface area contributed by atoms with E-state index in [-0.39, 0.29) is 58.3 Å². The molecule has 0 saturated carbocycles. The Balaban J connectivity index is 1.95. The Morgan fingerprint density at radius 3 is 2.05 bits per heavy atom. The molecular weight excluding hydrogens is 828 g/mol. The van der Waals surface area contributed by atoms with Gasteiger partial charge >= 0.3 is 40.2 Å². The topological polar surface area (TPSA) is 308 Å². The van der Waals surface area contributed by atoms with Crippen molar-refractivity contribution in [2.45, 2.75) is 51.5 Å². The zero-order chi connectivity index (χ0) is 44.2. The number of carbonyl (C=O) groups is 6. The molecule has 25 nitrogen and oxygen atoms in total. The average molecular weight is 873 g/mol. The van der Waals surface area contributed by atoms with Gasteiger partial charge in [-0.2, -0.15) is 8.42 Å². The first-order valence-corrected chi connectivity index (χ1v) is 19.1. The number of azide groups is 1. The minimum Gasteiger partial charge on any atom is -0.468 e. The molecule has 3 rings (SSSR count). The number of imidazole rings is 1. The molecule has 1 amide bonds. The van der Waals surface area contributed by atoms with Crippen molar-refractivity contribution >= 4 is 46.1 Å². The van der Waals surface area contributed by atoms with Gasteiger partial charge in [0, 0.05) is 56.7 Å². The van der Waals surface area contributed by atoms with E-state index in [0.717, 1.165) is 76.8 Å². The van der Waals surface area contributed by atoms with E-state index in [1.807, 2.05) is 0 Å². The van der Waals surface area contributed by atoms with E-state index in [9.17, 15) is 37.2 Å². The lowest BCUT2D eigenvalue weighted by Crippen LogP contribution is -2.64. The number of hydrogen-bond donors (Lipinski definition) is 0. The molecule has 0 spiro atoms. The molecule has 1 aromatic heterocycles. The molecule has 1 fully saturated rings. The number of nitrogens with zero attached hydrogens (tertiary/aromatic N) is 6. The Hall–Kier alpha value is -6.05. The fourth-order valence-corrected chi connectivity index (χ4v) is 5.98. The zero-order valence-corrected chi connectivity index (χ0v) is 33.9. The number of amides is 1. The highest BCUT2D eigenvalue weighted by Crippen LogP contribution is 2.36. The molecule has 0 radical (unpaired) electrons. The Morgan fingerprint density at radius 2 is 1.47 bits per heavy atom. The Bertz CT molecular complexity index is 1940. The fraction of sp³-hybridized carbons (Fsp3) is 0.559. The van der Waals surface area contributed by atoms with Crippen LogP contribution < -0.4 is 8.92 Å². The molecule has 0 bridgehead atoms. The average Bonchev–Trinajstić information content (AvgIpc) is 3.76. The first-order valence-electron chi connectivity index (χ1n) is 17.7. The van der Waals surface area contributed by atoms with E-state index < -0.39 is 94.8 Å². The summed E-state index contributed by atoms with van der Waals surface area (Å²) in [5.74, 6) is -6.82. The van der Waals surface area contributed by atoms with Gasteiger partial charge in [-0.05, 0) is 23.7 Å². The number of esters is 5. The summed E-state index contributed by atoms with van der Waals surface area (Å²) in [6.45, 7) is 3.33. The highest BCUT2D eigenvalue weighted by atomic mass is 32.2. The number of rotatable bonds is 24. The second-order valence-corrected chi connectivity index (χ2v) is 13.4. The van der Waals surface area contributed by atoms with Crippen LogP contribution in [0.25, 0.3) is 10.4 Å². The van der Waals surface area contributed by atoms with Gasteiger partial charge in [0.05, 0.1) is 53.9 Å². The zero-order valence-electron chi connectivity index (χ0n) is 33.1. The number of methoxy groups -OCH3 is 2. The van der Waals surface area contributed by atoms with Gasteiger partial charge in [0.25, 0.3) is 5.91 Å². The Morgan fingerprint density at radius 1 is 0.850 bits per heavy atom. The van der Waals surface area contributed by atoms with Crippen molar-refractivity contribution in [1.82, 2.24) is 13.9 Å². The van der Waals surface area contributed by atoms with Crippen LogP contribution >= 0.6 is 0 Å². The van der Waals surface area contributed by atoms with Gasteiger partial charge in [-0.3, -0.25) is 24.0 Å². The third-order valence-corrected chi connectivity index (χ3v) is 8.81. The van der Waals surface area contributed by atoms with Crippen molar-refractivity contribution in [2.75, 3.05) is 73.5 Å². The molecule has 0 unspecified atom stereocenters. The molecular formula is C34H44N6O19S. The van der Waals surface area contributed by atoms with Gasteiger partial charge in [0.2, 0.25) is 12.4 Å². The summed E-state index contributed by atoms with van der Waals surface area (Å²) >= 11 is 0. The van der Waals surface area contributed by atoms with Gasteiger partial charge in [0.15, 0.2) is 29.8 Å². The molecule has 1 saturated heterocycles. The SMILES string of the molecule is COC(=O)CN(CCOCCOCCOCCN=[N+]=[N-])C(=O)c1ccc(O[C@@H]2O[C@H](C(=O)OC)[C@@H](OC(C)=O)[C@H](OC(C)=O)[C@H]2OC(C)=O)c(OS(=O)(=O)n2ccnc2)c1. The highest BCUT2D eigenvalue weighted by molar-refractivity contribution is 7.85. The van der Waals surface area contributed by atoms with Crippen molar-refractivity contribution < 1.29 is 88.7 Å². The molecule has 0 N–H and O–H groups in total. The summed E-state index contributed by atoms with van der Waals surface area (Å²) < 4.78 is 86.1. The predicted molar refractivity (Wildman–Crippen MR) is 196 cm³/mol. The van der Waals surface area contributed by atoms with Gasteiger partial charge in [-0.25, -0.2) is 13.8 Å². The highest BCUT2D eigenvalue weighted by Gasteiger charge is 2.56. The molecule has 0 aliphatic carbocycles.